The Morgan fingerprint density at radius 1 is 1.00 bits per heavy atom. The molecule has 2 aromatic carbocycles. The maximum absolute atomic E-state index is 12.5. The van der Waals surface area contributed by atoms with Crippen molar-refractivity contribution in [2.75, 3.05) is 11.6 Å². The molecule has 0 aliphatic rings. The van der Waals surface area contributed by atoms with E-state index in [4.69, 9.17) is 0 Å². The van der Waals surface area contributed by atoms with Crippen LogP contribution < -0.4 is 5.32 Å². The van der Waals surface area contributed by atoms with E-state index in [-0.39, 0.29) is 11.3 Å². The zero-order valence-corrected chi connectivity index (χ0v) is 17.1. The fourth-order valence-electron chi connectivity index (χ4n) is 2.79. The van der Waals surface area contributed by atoms with Crippen LogP contribution in [0.1, 0.15) is 36.7 Å². The largest absolute Gasteiger partial charge is 0.322 e. The Hall–Kier alpha value is -2.93. The fraction of sp³-hybridized carbons (Fsp3) is 0.238. The molecular formula is C21H23N3O3S. The number of aromatic nitrogens is 2. The third kappa shape index (κ3) is 4.31. The van der Waals surface area contributed by atoms with Crippen LogP contribution in [-0.4, -0.2) is 29.5 Å². The minimum atomic E-state index is -3.44. The number of rotatable bonds is 4. The Morgan fingerprint density at radius 2 is 1.61 bits per heavy atom. The maximum atomic E-state index is 12.5. The van der Waals surface area contributed by atoms with Gasteiger partial charge in [0.2, 0.25) is 10.0 Å². The van der Waals surface area contributed by atoms with E-state index in [1.807, 2.05) is 24.3 Å². The van der Waals surface area contributed by atoms with E-state index in [0.29, 0.717) is 17.0 Å². The number of imidazole rings is 1. The molecule has 0 fully saturated rings. The quantitative estimate of drug-likeness (QED) is 0.724. The van der Waals surface area contributed by atoms with Crippen LogP contribution >= 0.6 is 0 Å². The van der Waals surface area contributed by atoms with Crippen molar-refractivity contribution in [3.63, 3.8) is 0 Å². The van der Waals surface area contributed by atoms with Crippen LogP contribution in [0.5, 0.6) is 0 Å². The normalized spacial score (nSPS) is 12.0. The summed E-state index contributed by atoms with van der Waals surface area (Å²) >= 11 is 0. The van der Waals surface area contributed by atoms with Gasteiger partial charge in [0.05, 0.1) is 6.26 Å². The van der Waals surface area contributed by atoms with Crippen LogP contribution in [0.4, 0.5) is 5.69 Å². The van der Waals surface area contributed by atoms with Gasteiger partial charge in [-0.15, -0.1) is 0 Å². The van der Waals surface area contributed by atoms with Crippen molar-refractivity contribution in [3.05, 3.63) is 72.1 Å². The van der Waals surface area contributed by atoms with Gasteiger partial charge in [-0.25, -0.2) is 17.4 Å². The van der Waals surface area contributed by atoms with Crippen LogP contribution in [0, 0.1) is 0 Å². The van der Waals surface area contributed by atoms with Crippen LogP contribution in [-0.2, 0) is 15.4 Å². The molecule has 1 N–H and O–H groups in total. The van der Waals surface area contributed by atoms with Gasteiger partial charge in [-0.1, -0.05) is 45.0 Å². The average Bonchev–Trinajstić information content (AvgIpc) is 3.12. The number of amides is 1. The van der Waals surface area contributed by atoms with Gasteiger partial charge in [-0.3, -0.25) is 4.79 Å². The number of hydrogen-bond acceptors (Lipinski definition) is 4. The van der Waals surface area contributed by atoms with Crippen molar-refractivity contribution >= 4 is 21.6 Å². The van der Waals surface area contributed by atoms with Crippen molar-refractivity contribution in [1.29, 1.82) is 0 Å². The second kappa shape index (κ2) is 7.24. The summed E-state index contributed by atoms with van der Waals surface area (Å²) in [6.07, 6.45) is 3.94. The molecule has 146 valence electrons. The third-order valence-electron chi connectivity index (χ3n) is 4.38. The summed E-state index contributed by atoms with van der Waals surface area (Å²) in [5.41, 5.74) is 3.05. The first-order valence-electron chi connectivity index (χ1n) is 8.82. The van der Waals surface area contributed by atoms with E-state index >= 15 is 0 Å². The van der Waals surface area contributed by atoms with Gasteiger partial charge < -0.3 is 5.32 Å². The number of carbonyl (C=O) groups is 1. The molecule has 0 bridgehead atoms. The van der Waals surface area contributed by atoms with E-state index in [9.17, 15) is 13.2 Å². The van der Waals surface area contributed by atoms with Crippen molar-refractivity contribution in [1.82, 2.24) is 8.96 Å². The van der Waals surface area contributed by atoms with E-state index in [1.165, 1.54) is 18.0 Å². The Morgan fingerprint density at radius 3 is 2.14 bits per heavy atom. The third-order valence-corrected chi connectivity index (χ3v) is 5.39. The summed E-state index contributed by atoms with van der Waals surface area (Å²) in [4.78, 5) is 16.6. The number of benzene rings is 2. The Balaban J connectivity index is 1.77. The molecule has 0 aliphatic carbocycles. The molecule has 1 aromatic heterocycles. The maximum Gasteiger partial charge on any atom is 0.255 e. The summed E-state index contributed by atoms with van der Waals surface area (Å²) < 4.78 is 24.7. The number of anilines is 1. The molecule has 6 nitrogen and oxygen atoms in total. The molecule has 0 unspecified atom stereocenters. The smallest absolute Gasteiger partial charge is 0.255 e. The number of hydrogen-bond donors (Lipinski definition) is 1. The molecular weight excluding hydrogens is 374 g/mol. The second-order valence-corrected chi connectivity index (χ2v) is 9.53. The molecule has 0 aliphatic heterocycles. The predicted molar refractivity (Wildman–Crippen MR) is 111 cm³/mol. The summed E-state index contributed by atoms with van der Waals surface area (Å²) in [5, 5.41) is 2.87. The van der Waals surface area contributed by atoms with Gasteiger partial charge in [-0.05, 0) is 35.2 Å². The fourth-order valence-corrected chi connectivity index (χ4v) is 3.53. The zero-order chi connectivity index (χ0) is 20.5. The van der Waals surface area contributed by atoms with E-state index in [2.05, 4.69) is 31.1 Å². The van der Waals surface area contributed by atoms with Gasteiger partial charge in [-0.2, -0.15) is 0 Å². The van der Waals surface area contributed by atoms with Gasteiger partial charge in [0.25, 0.3) is 5.91 Å². The minimum Gasteiger partial charge on any atom is -0.322 e. The van der Waals surface area contributed by atoms with Crippen molar-refractivity contribution in [2.24, 2.45) is 0 Å². The second-order valence-electron chi connectivity index (χ2n) is 7.67. The molecule has 0 atom stereocenters. The predicted octanol–water partition coefficient (Wildman–Crippen LogP) is 3.91. The molecule has 3 rings (SSSR count). The highest BCUT2D eigenvalue weighted by atomic mass is 32.2. The van der Waals surface area contributed by atoms with Gasteiger partial charge in [0.15, 0.2) is 5.82 Å². The van der Waals surface area contributed by atoms with Crippen molar-refractivity contribution in [3.8, 4) is 11.4 Å². The highest BCUT2D eigenvalue weighted by Gasteiger charge is 2.15. The Bertz CT molecular complexity index is 1090. The minimum absolute atomic E-state index is 0.0516. The first kappa shape index (κ1) is 19.8. The van der Waals surface area contributed by atoms with E-state index in [0.717, 1.165) is 15.9 Å². The van der Waals surface area contributed by atoms with Gasteiger partial charge in [0, 0.05) is 29.2 Å². The average molecular weight is 398 g/mol. The summed E-state index contributed by atoms with van der Waals surface area (Å²) in [6.45, 7) is 6.41. The van der Waals surface area contributed by atoms with E-state index < -0.39 is 10.0 Å². The van der Waals surface area contributed by atoms with Crippen LogP contribution in [0.25, 0.3) is 11.4 Å². The lowest BCUT2D eigenvalue weighted by Crippen LogP contribution is -2.14. The highest BCUT2D eigenvalue weighted by Crippen LogP contribution is 2.24. The first-order chi connectivity index (χ1) is 13.1. The SMILES string of the molecule is CC(C)(C)c1ccc(NC(=O)c2ccc(-c3nccn3S(C)(=O)=O)cc2)cc1. The number of carbonyl (C=O) groups excluding carboxylic acids is 1. The zero-order valence-electron chi connectivity index (χ0n) is 16.3. The van der Waals surface area contributed by atoms with Crippen LogP contribution in [0.15, 0.2) is 60.9 Å². The Labute approximate surface area is 165 Å². The number of nitrogens with zero attached hydrogens (tertiary/aromatic N) is 2. The van der Waals surface area contributed by atoms with Gasteiger partial charge in [0.1, 0.15) is 0 Å². The van der Waals surface area contributed by atoms with Crippen molar-refractivity contribution in [2.45, 2.75) is 26.2 Å². The molecule has 0 saturated carbocycles. The molecule has 0 spiro atoms. The molecule has 1 heterocycles. The standard InChI is InChI=1S/C21H23N3O3S/c1-21(2,3)17-9-11-18(12-10-17)23-20(25)16-7-5-15(6-8-16)19-22-13-14-24(19)28(4,26)27/h5-14H,1-4H3,(H,23,25). The Kier molecular flexibility index (Phi) is 5.12. The lowest BCUT2D eigenvalue weighted by atomic mass is 9.87. The molecule has 7 heteroatoms. The molecule has 1 amide bonds. The van der Waals surface area contributed by atoms with Crippen LogP contribution in [0.2, 0.25) is 0 Å². The molecule has 28 heavy (non-hydrogen) atoms. The van der Waals surface area contributed by atoms with Gasteiger partial charge >= 0.3 is 0 Å². The topological polar surface area (TPSA) is 81.1 Å². The first-order valence-corrected chi connectivity index (χ1v) is 10.7. The molecule has 0 saturated heterocycles. The summed E-state index contributed by atoms with van der Waals surface area (Å²) in [7, 11) is -3.44. The van der Waals surface area contributed by atoms with E-state index in [1.54, 1.807) is 24.3 Å². The number of nitrogens with one attached hydrogen (secondary N) is 1. The molecule has 0 radical (unpaired) electrons. The lowest BCUT2D eigenvalue weighted by Gasteiger charge is -2.19. The lowest BCUT2D eigenvalue weighted by molar-refractivity contribution is 0.102. The van der Waals surface area contributed by atoms with Crippen molar-refractivity contribution < 1.29 is 13.2 Å². The molecule has 3 aromatic rings. The summed E-state index contributed by atoms with van der Waals surface area (Å²) in [6, 6.07) is 14.4. The summed E-state index contributed by atoms with van der Waals surface area (Å²) in [5.74, 6) is 0.0775. The monoisotopic (exact) mass is 397 g/mol. The highest BCUT2D eigenvalue weighted by molar-refractivity contribution is 7.89. The van der Waals surface area contributed by atoms with Crippen LogP contribution in [0.3, 0.4) is 0 Å².